The molecular formula is C14H20N2O3. The molecule has 5 heteroatoms. The molecule has 0 aromatic heterocycles. The Bertz CT molecular complexity index is 434. The van der Waals surface area contributed by atoms with Crippen LogP contribution in [0.5, 0.6) is 0 Å². The highest BCUT2D eigenvalue weighted by Gasteiger charge is 2.27. The molecule has 0 radical (unpaired) electrons. The lowest BCUT2D eigenvalue weighted by molar-refractivity contribution is -0.143. The van der Waals surface area contributed by atoms with Crippen molar-refractivity contribution in [2.75, 3.05) is 0 Å². The van der Waals surface area contributed by atoms with Crippen LogP contribution >= 0.6 is 0 Å². The van der Waals surface area contributed by atoms with E-state index in [2.05, 4.69) is 5.32 Å². The largest absolute Gasteiger partial charge is 0.480 e. The molecule has 19 heavy (non-hydrogen) atoms. The monoisotopic (exact) mass is 264 g/mol. The highest BCUT2D eigenvalue weighted by molar-refractivity contribution is 5.87. The standard InChI is InChI=1S/C14H20N2O3/c1-3-9(2)12(14(18)19)16-13(17)11(15)10-7-5-4-6-8-10/h4-9,11-12H,3,15H2,1-2H3,(H,16,17)(H,18,19)/t9?,11-,12?/m1/s1. The van der Waals surface area contributed by atoms with Gasteiger partial charge in [0.25, 0.3) is 0 Å². The van der Waals surface area contributed by atoms with Gasteiger partial charge in [-0.15, -0.1) is 0 Å². The van der Waals surface area contributed by atoms with Gasteiger partial charge in [0.2, 0.25) is 5.91 Å². The number of carboxylic acids is 1. The molecule has 104 valence electrons. The number of hydrogen-bond acceptors (Lipinski definition) is 3. The first-order valence-corrected chi connectivity index (χ1v) is 6.31. The molecule has 0 aliphatic heterocycles. The Morgan fingerprint density at radius 3 is 2.37 bits per heavy atom. The maximum Gasteiger partial charge on any atom is 0.326 e. The maximum absolute atomic E-state index is 12.0. The molecule has 0 spiro atoms. The van der Waals surface area contributed by atoms with Crippen molar-refractivity contribution in [3.8, 4) is 0 Å². The molecule has 1 rings (SSSR count). The fourth-order valence-corrected chi connectivity index (χ4v) is 1.74. The maximum atomic E-state index is 12.0. The van der Waals surface area contributed by atoms with Gasteiger partial charge >= 0.3 is 5.97 Å². The third kappa shape index (κ3) is 4.06. The van der Waals surface area contributed by atoms with Crippen molar-refractivity contribution < 1.29 is 14.7 Å². The summed E-state index contributed by atoms with van der Waals surface area (Å²) in [6.07, 6.45) is 0.665. The van der Waals surface area contributed by atoms with Gasteiger partial charge in [-0.05, 0) is 11.5 Å². The normalized spacial score (nSPS) is 15.3. The van der Waals surface area contributed by atoms with Crippen LogP contribution in [0, 0.1) is 5.92 Å². The van der Waals surface area contributed by atoms with E-state index in [-0.39, 0.29) is 5.92 Å². The molecule has 0 bridgehead atoms. The van der Waals surface area contributed by atoms with Gasteiger partial charge in [-0.3, -0.25) is 4.79 Å². The molecule has 0 saturated carbocycles. The number of hydrogen-bond donors (Lipinski definition) is 3. The molecule has 0 fully saturated rings. The van der Waals surface area contributed by atoms with E-state index < -0.39 is 24.0 Å². The summed E-state index contributed by atoms with van der Waals surface area (Å²) in [5.41, 5.74) is 6.48. The fourth-order valence-electron chi connectivity index (χ4n) is 1.74. The van der Waals surface area contributed by atoms with Crippen molar-refractivity contribution in [2.24, 2.45) is 11.7 Å². The fraction of sp³-hybridized carbons (Fsp3) is 0.429. The van der Waals surface area contributed by atoms with E-state index in [1.54, 1.807) is 31.2 Å². The van der Waals surface area contributed by atoms with E-state index in [1.807, 2.05) is 13.0 Å². The minimum absolute atomic E-state index is 0.149. The number of carbonyl (C=O) groups is 2. The lowest BCUT2D eigenvalue weighted by Gasteiger charge is -2.22. The molecule has 4 N–H and O–H groups in total. The molecule has 5 nitrogen and oxygen atoms in total. The Labute approximate surface area is 112 Å². The predicted octanol–water partition coefficient (Wildman–Crippen LogP) is 1.30. The highest BCUT2D eigenvalue weighted by atomic mass is 16.4. The molecule has 0 heterocycles. The van der Waals surface area contributed by atoms with E-state index in [1.165, 1.54) is 0 Å². The Hall–Kier alpha value is -1.88. The SMILES string of the molecule is CCC(C)C(NC(=O)[C@H](N)c1ccccc1)C(=O)O. The van der Waals surface area contributed by atoms with Crippen LogP contribution in [0.15, 0.2) is 30.3 Å². The van der Waals surface area contributed by atoms with Gasteiger partial charge in [0.05, 0.1) is 0 Å². The number of carboxylic acid groups (broad SMARTS) is 1. The quantitative estimate of drug-likeness (QED) is 0.722. The number of nitrogens with one attached hydrogen (secondary N) is 1. The van der Waals surface area contributed by atoms with Gasteiger partial charge < -0.3 is 16.2 Å². The van der Waals surface area contributed by atoms with E-state index >= 15 is 0 Å². The van der Waals surface area contributed by atoms with Gasteiger partial charge in [-0.2, -0.15) is 0 Å². The minimum atomic E-state index is -1.04. The van der Waals surface area contributed by atoms with Gasteiger partial charge in [-0.25, -0.2) is 4.79 Å². The number of aliphatic carboxylic acids is 1. The first-order chi connectivity index (χ1) is 8.97. The summed E-state index contributed by atoms with van der Waals surface area (Å²) in [6, 6.07) is 7.11. The second-order valence-electron chi connectivity index (χ2n) is 4.60. The average Bonchev–Trinajstić information content (AvgIpc) is 2.43. The summed E-state index contributed by atoms with van der Waals surface area (Å²) in [5, 5.41) is 11.6. The van der Waals surface area contributed by atoms with E-state index in [9.17, 15) is 9.59 Å². The van der Waals surface area contributed by atoms with E-state index in [0.29, 0.717) is 12.0 Å². The smallest absolute Gasteiger partial charge is 0.326 e. The lowest BCUT2D eigenvalue weighted by Crippen LogP contribution is -2.48. The van der Waals surface area contributed by atoms with Crippen LogP contribution in [0.1, 0.15) is 31.9 Å². The van der Waals surface area contributed by atoms with Crippen molar-refractivity contribution in [1.82, 2.24) is 5.32 Å². The molecule has 0 aliphatic rings. The summed E-state index contributed by atoms with van der Waals surface area (Å²) in [6.45, 7) is 3.66. The number of benzene rings is 1. The van der Waals surface area contributed by atoms with Gasteiger partial charge in [0.1, 0.15) is 12.1 Å². The second-order valence-corrected chi connectivity index (χ2v) is 4.60. The van der Waals surface area contributed by atoms with Crippen LogP contribution in [0.3, 0.4) is 0 Å². The summed E-state index contributed by atoms with van der Waals surface area (Å²) >= 11 is 0. The Balaban J connectivity index is 2.75. The second kappa shape index (κ2) is 6.89. The number of rotatable bonds is 6. The van der Waals surface area contributed by atoms with Crippen LogP contribution in [0.2, 0.25) is 0 Å². The zero-order chi connectivity index (χ0) is 14.4. The van der Waals surface area contributed by atoms with Crippen LogP contribution in [0.25, 0.3) is 0 Å². The first-order valence-electron chi connectivity index (χ1n) is 6.31. The summed E-state index contributed by atoms with van der Waals surface area (Å²) in [7, 11) is 0. The zero-order valence-electron chi connectivity index (χ0n) is 11.2. The van der Waals surface area contributed by atoms with Gasteiger partial charge in [-0.1, -0.05) is 50.6 Å². The Morgan fingerprint density at radius 2 is 1.89 bits per heavy atom. The predicted molar refractivity (Wildman–Crippen MR) is 72.4 cm³/mol. The van der Waals surface area contributed by atoms with Crippen molar-refractivity contribution in [3.05, 3.63) is 35.9 Å². The zero-order valence-corrected chi connectivity index (χ0v) is 11.2. The molecule has 2 unspecified atom stereocenters. The third-order valence-electron chi connectivity index (χ3n) is 3.22. The minimum Gasteiger partial charge on any atom is -0.480 e. The van der Waals surface area contributed by atoms with Crippen molar-refractivity contribution >= 4 is 11.9 Å². The van der Waals surface area contributed by atoms with E-state index in [0.717, 1.165) is 0 Å². The van der Waals surface area contributed by atoms with Crippen LogP contribution in [-0.2, 0) is 9.59 Å². The molecule has 1 aromatic carbocycles. The van der Waals surface area contributed by atoms with Gasteiger partial charge in [0, 0.05) is 0 Å². The molecule has 1 aromatic rings. The Morgan fingerprint density at radius 1 is 1.32 bits per heavy atom. The van der Waals surface area contributed by atoms with Crippen molar-refractivity contribution in [1.29, 1.82) is 0 Å². The average molecular weight is 264 g/mol. The molecule has 0 saturated heterocycles. The van der Waals surface area contributed by atoms with Gasteiger partial charge in [0.15, 0.2) is 0 Å². The molecule has 0 aliphatic carbocycles. The van der Waals surface area contributed by atoms with Crippen LogP contribution < -0.4 is 11.1 Å². The topological polar surface area (TPSA) is 92.4 Å². The highest BCUT2D eigenvalue weighted by Crippen LogP contribution is 2.12. The van der Waals surface area contributed by atoms with Crippen molar-refractivity contribution in [3.63, 3.8) is 0 Å². The molecular weight excluding hydrogens is 244 g/mol. The third-order valence-corrected chi connectivity index (χ3v) is 3.22. The van der Waals surface area contributed by atoms with Crippen molar-refractivity contribution in [2.45, 2.75) is 32.4 Å². The van der Waals surface area contributed by atoms with E-state index in [4.69, 9.17) is 10.8 Å². The van der Waals surface area contributed by atoms with Crippen LogP contribution in [-0.4, -0.2) is 23.0 Å². The lowest BCUT2D eigenvalue weighted by atomic mass is 9.98. The first kappa shape index (κ1) is 15.2. The van der Waals surface area contributed by atoms with Crippen LogP contribution in [0.4, 0.5) is 0 Å². The Kier molecular flexibility index (Phi) is 5.51. The number of amides is 1. The summed E-state index contributed by atoms with van der Waals surface area (Å²) < 4.78 is 0. The summed E-state index contributed by atoms with van der Waals surface area (Å²) in [5.74, 6) is -1.66. The number of carbonyl (C=O) groups excluding carboxylic acids is 1. The summed E-state index contributed by atoms with van der Waals surface area (Å²) in [4.78, 5) is 23.1. The number of nitrogens with two attached hydrogens (primary N) is 1. The molecule has 1 amide bonds. The molecule has 3 atom stereocenters.